The number of ether oxygens (including phenoxy) is 1. The summed E-state index contributed by atoms with van der Waals surface area (Å²) < 4.78 is 39.3. The Hall–Kier alpha value is -2.44. The highest BCUT2D eigenvalue weighted by atomic mass is 32.1. The number of carbonyl (C=O) groups excluding carboxylic acids is 1. The van der Waals surface area contributed by atoms with E-state index in [0.717, 1.165) is 45.7 Å². The molecule has 4 heterocycles. The van der Waals surface area contributed by atoms with Crippen molar-refractivity contribution in [3.8, 4) is 0 Å². The molecule has 1 atom stereocenters. The Labute approximate surface area is 193 Å². The number of carboxylic acids is 1. The molecule has 0 aromatic carbocycles. The van der Waals surface area contributed by atoms with Crippen molar-refractivity contribution in [3.05, 3.63) is 40.3 Å². The molecule has 33 heavy (non-hydrogen) atoms. The minimum Gasteiger partial charge on any atom is -0.475 e. The van der Waals surface area contributed by atoms with Gasteiger partial charge < -0.3 is 15.2 Å². The molecule has 1 saturated heterocycles. The van der Waals surface area contributed by atoms with Crippen LogP contribution in [0.15, 0.2) is 29.8 Å². The highest BCUT2D eigenvalue weighted by molar-refractivity contribution is 7.09. The van der Waals surface area contributed by atoms with Gasteiger partial charge in [0.25, 0.3) is 0 Å². The summed E-state index contributed by atoms with van der Waals surface area (Å²) >= 11 is 1.67. The molecule has 182 valence electrons. The fourth-order valence-corrected chi connectivity index (χ4v) is 4.58. The Morgan fingerprint density at radius 2 is 2.00 bits per heavy atom. The zero-order valence-corrected chi connectivity index (χ0v) is 18.8. The molecule has 1 fully saturated rings. The van der Waals surface area contributed by atoms with E-state index in [1.165, 1.54) is 10.6 Å². The Kier molecular flexibility index (Phi) is 8.87. The normalized spacial score (nSPS) is 19.3. The highest BCUT2D eigenvalue weighted by Crippen LogP contribution is 2.26. The van der Waals surface area contributed by atoms with Gasteiger partial charge in [0.15, 0.2) is 0 Å². The van der Waals surface area contributed by atoms with Crippen LogP contribution in [0.25, 0.3) is 0 Å². The predicted molar refractivity (Wildman–Crippen MR) is 115 cm³/mol. The number of halogens is 3. The molecule has 12 heteroatoms. The number of aromatic nitrogens is 2. The maximum atomic E-state index is 12.5. The standard InChI is InChI=1S/C19H26N4O2S.C2HF3O2/c24-19(20-11-18-2-1-9-26-18)10-17-14-22(12-15-4-7-25-8-5-15)13-16-3-6-21-23(16)17;3-2(4,5)1(6)7/h1-3,6,9,15,17H,4-5,7-8,10-14H2,(H,20,24);(H,6,7). The smallest absolute Gasteiger partial charge is 0.475 e. The lowest BCUT2D eigenvalue weighted by atomic mass is 9.98. The molecule has 2 N–H and O–H groups in total. The lowest BCUT2D eigenvalue weighted by molar-refractivity contribution is -0.192. The van der Waals surface area contributed by atoms with E-state index in [-0.39, 0.29) is 11.9 Å². The van der Waals surface area contributed by atoms with E-state index >= 15 is 0 Å². The first-order valence-electron chi connectivity index (χ1n) is 10.6. The molecule has 0 aliphatic carbocycles. The van der Waals surface area contributed by atoms with Gasteiger partial charge in [0.2, 0.25) is 5.91 Å². The molecule has 1 amide bonds. The number of aliphatic carboxylic acids is 1. The number of carboxylic acid groups (broad SMARTS) is 1. The fraction of sp³-hybridized carbons (Fsp3) is 0.571. The number of hydrogen-bond acceptors (Lipinski definition) is 6. The molecule has 8 nitrogen and oxygen atoms in total. The van der Waals surface area contributed by atoms with E-state index in [1.807, 2.05) is 28.4 Å². The average Bonchev–Trinajstić information content (AvgIpc) is 3.45. The first kappa shape index (κ1) is 25.2. The van der Waals surface area contributed by atoms with Crippen LogP contribution in [0.1, 0.15) is 35.9 Å². The summed E-state index contributed by atoms with van der Waals surface area (Å²) in [6, 6.07) is 6.24. The fourth-order valence-electron chi connectivity index (χ4n) is 3.93. The van der Waals surface area contributed by atoms with Crippen molar-refractivity contribution in [2.45, 2.75) is 44.6 Å². The minimum absolute atomic E-state index is 0.0952. The number of hydrogen-bond donors (Lipinski definition) is 2. The van der Waals surface area contributed by atoms with Gasteiger partial charge in [-0.2, -0.15) is 18.3 Å². The van der Waals surface area contributed by atoms with Crippen LogP contribution in [0.3, 0.4) is 0 Å². The average molecular weight is 489 g/mol. The van der Waals surface area contributed by atoms with Crippen molar-refractivity contribution in [1.29, 1.82) is 0 Å². The van der Waals surface area contributed by atoms with Gasteiger partial charge in [0.1, 0.15) is 0 Å². The van der Waals surface area contributed by atoms with Gasteiger partial charge in [-0.1, -0.05) is 6.07 Å². The number of amides is 1. The molecule has 0 saturated carbocycles. The van der Waals surface area contributed by atoms with Gasteiger partial charge >= 0.3 is 12.1 Å². The number of nitrogens with zero attached hydrogens (tertiary/aromatic N) is 3. The van der Waals surface area contributed by atoms with Crippen LogP contribution < -0.4 is 5.32 Å². The second-order valence-electron chi connectivity index (χ2n) is 8.03. The molecule has 4 rings (SSSR count). The summed E-state index contributed by atoms with van der Waals surface area (Å²) in [6.45, 7) is 5.27. The summed E-state index contributed by atoms with van der Waals surface area (Å²) in [6.07, 6.45) is -0.475. The van der Waals surface area contributed by atoms with Gasteiger partial charge in [-0.3, -0.25) is 14.4 Å². The number of rotatable bonds is 6. The van der Waals surface area contributed by atoms with Crippen LogP contribution in [0.4, 0.5) is 13.2 Å². The molecule has 2 aromatic heterocycles. The van der Waals surface area contributed by atoms with Gasteiger partial charge in [-0.15, -0.1) is 11.3 Å². The van der Waals surface area contributed by atoms with Gasteiger partial charge in [-0.05, 0) is 36.3 Å². The van der Waals surface area contributed by atoms with Crippen molar-refractivity contribution in [2.75, 3.05) is 26.3 Å². The van der Waals surface area contributed by atoms with E-state index < -0.39 is 12.1 Å². The molecule has 2 aliphatic heterocycles. The molecular formula is C21H27F3N4O4S. The van der Waals surface area contributed by atoms with Crippen LogP contribution in [-0.2, 0) is 27.4 Å². The van der Waals surface area contributed by atoms with Crippen molar-refractivity contribution in [3.63, 3.8) is 0 Å². The topological polar surface area (TPSA) is 96.7 Å². The molecule has 0 spiro atoms. The molecule has 2 aliphatic rings. The summed E-state index contributed by atoms with van der Waals surface area (Å²) in [7, 11) is 0. The molecule has 1 unspecified atom stereocenters. The van der Waals surface area contributed by atoms with Crippen LogP contribution in [0.2, 0.25) is 0 Å². The van der Waals surface area contributed by atoms with Gasteiger partial charge in [0, 0.05) is 43.9 Å². The Morgan fingerprint density at radius 3 is 2.64 bits per heavy atom. The maximum Gasteiger partial charge on any atom is 0.490 e. The summed E-state index contributed by atoms with van der Waals surface area (Å²) in [4.78, 5) is 25.0. The number of fused-ring (bicyclic) bond motifs is 1. The second-order valence-corrected chi connectivity index (χ2v) is 9.07. The first-order valence-corrected chi connectivity index (χ1v) is 11.5. The van der Waals surface area contributed by atoms with Crippen LogP contribution in [0.5, 0.6) is 0 Å². The molecule has 2 aromatic rings. The van der Waals surface area contributed by atoms with E-state index in [2.05, 4.69) is 21.4 Å². The number of thiophene rings is 1. The highest BCUT2D eigenvalue weighted by Gasteiger charge is 2.38. The van der Waals surface area contributed by atoms with Crippen LogP contribution >= 0.6 is 11.3 Å². The zero-order valence-electron chi connectivity index (χ0n) is 18.0. The molecule has 0 radical (unpaired) electrons. The SMILES string of the molecule is O=C(CC1CN(CC2CCOCC2)Cc2ccnn21)NCc1cccs1.O=C(O)C(F)(F)F. The number of carbonyl (C=O) groups is 2. The lowest BCUT2D eigenvalue weighted by Gasteiger charge is -2.36. The monoisotopic (exact) mass is 488 g/mol. The predicted octanol–water partition coefficient (Wildman–Crippen LogP) is 3.07. The lowest BCUT2D eigenvalue weighted by Crippen LogP contribution is -2.42. The minimum atomic E-state index is -5.08. The van der Waals surface area contributed by atoms with Gasteiger partial charge in [0.05, 0.1) is 24.7 Å². The largest absolute Gasteiger partial charge is 0.490 e. The molecule has 0 bridgehead atoms. The Morgan fingerprint density at radius 1 is 1.27 bits per heavy atom. The van der Waals surface area contributed by atoms with E-state index in [4.69, 9.17) is 14.6 Å². The summed E-state index contributed by atoms with van der Waals surface area (Å²) in [5.41, 5.74) is 1.21. The first-order chi connectivity index (χ1) is 15.7. The van der Waals surface area contributed by atoms with Crippen molar-refractivity contribution >= 4 is 23.2 Å². The second kappa shape index (κ2) is 11.6. The third-order valence-corrected chi connectivity index (χ3v) is 6.39. The Balaban J connectivity index is 0.000000383. The van der Waals surface area contributed by atoms with Crippen molar-refractivity contribution in [2.24, 2.45) is 5.92 Å². The van der Waals surface area contributed by atoms with Crippen molar-refractivity contribution in [1.82, 2.24) is 20.0 Å². The van der Waals surface area contributed by atoms with Crippen molar-refractivity contribution < 1.29 is 32.6 Å². The number of nitrogens with one attached hydrogen (secondary N) is 1. The van der Waals surface area contributed by atoms with E-state index in [0.29, 0.717) is 18.9 Å². The Bertz CT molecular complexity index is 898. The summed E-state index contributed by atoms with van der Waals surface area (Å²) in [5, 5.41) is 16.7. The third-order valence-electron chi connectivity index (χ3n) is 5.51. The maximum absolute atomic E-state index is 12.5. The van der Waals surface area contributed by atoms with E-state index in [9.17, 15) is 18.0 Å². The number of alkyl halides is 3. The third kappa shape index (κ3) is 7.83. The zero-order chi connectivity index (χ0) is 23.8. The molecular weight excluding hydrogens is 461 g/mol. The quantitative estimate of drug-likeness (QED) is 0.649. The summed E-state index contributed by atoms with van der Waals surface area (Å²) in [5.74, 6) is -1.96. The van der Waals surface area contributed by atoms with Crippen LogP contribution in [0, 0.1) is 5.92 Å². The van der Waals surface area contributed by atoms with E-state index in [1.54, 1.807) is 11.3 Å². The van der Waals surface area contributed by atoms with Crippen LogP contribution in [-0.4, -0.2) is 64.1 Å². The van der Waals surface area contributed by atoms with Gasteiger partial charge in [-0.25, -0.2) is 4.79 Å².